The van der Waals surface area contributed by atoms with Crippen LogP contribution in [0.3, 0.4) is 0 Å². The fourth-order valence-electron chi connectivity index (χ4n) is 6.43. The first-order chi connectivity index (χ1) is 23.3. The SMILES string of the molecule is CC(C)NC(=O)Oc1ccc2c(=O)cc(-c3ccc(CCCC[PH](c4ccccc4)(c4ccccc4)c4ccccc4)cc3)oc2c1O. The number of aryl methyl sites for hydroxylation is 1. The van der Waals surface area contributed by atoms with Crippen molar-refractivity contribution in [3.05, 3.63) is 149 Å². The van der Waals surface area contributed by atoms with Gasteiger partial charge in [0.05, 0.1) is 0 Å². The second kappa shape index (κ2) is 14.7. The van der Waals surface area contributed by atoms with E-state index in [-0.39, 0.29) is 28.2 Å². The predicted molar refractivity (Wildman–Crippen MR) is 198 cm³/mol. The summed E-state index contributed by atoms with van der Waals surface area (Å²) in [5.41, 5.74) is 1.58. The zero-order chi connectivity index (χ0) is 33.5. The van der Waals surface area contributed by atoms with Crippen LogP contribution in [-0.4, -0.2) is 23.4 Å². The molecule has 6 rings (SSSR count). The van der Waals surface area contributed by atoms with Gasteiger partial charge in [-0.25, -0.2) is 4.79 Å². The van der Waals surface area contributed by atoms with Crippen molar-refractivity contribution in [2.45, 2.75) is 39.2 Å². The van der Waals surface area contributed by atoms with Crippen molar-refractivity contribution < 1.29 is 19.1 Å². The third-order valence-electron chi connectivity index (χ3n) is 8.75. The molecule has 0 bridgehead atoms. The number of unbranched alkanes of at least 4 members (excludes halogenated alkanes) is 1. The number of rotatable bonds is 11. The molecule has 6 aromatic rings. The van der Waals surface area contributed by atoms with Gasteiger partial charge in [-0.1, -0.05) is 0 Å². The Hall–Kier alpha value is -5.19. The summed E-state index contributed by atoms with van der Waals surface area (Å²) in [4.78, 5) is 25.0. The van der Waals surface area contributed by atoms with E-state index in [4.69, 9.17) is 9.15 Å². The third kappa shape index (κ3) is 7.05. The second-order valence-corrected chi connectivity index (χ2v) is 16.4. The molecular weight excluding hydrogens is 617 g/mol. The minimum Gasteiger partial charge on any atom is -0.502 e. The Morgan fingerprint density at radius 3 is 1.88 bits per heavy atom. The summed E-state index contributed by atoms with van der Waals surface area (Å²) in [5.74, 6) is -0.166. The third-order valence-corrected chi connectivity index (χ3v) is 13.8. The average molecular weight is 658 g/mol. The number of phenols is 1. The van der Waals surface area contributed by atoms with Crippen LogP contribution in [0.25, 0.3) is 22.3 Å². The van der Waals surface area contributed by atoms with E-state index >= 15 is 0 Å². The van der Waals surface area contributed by atoms with Crippen LogP contribution in [-0.2, 0) is 6.42 Å². The van der Waals surface area contributed by atoms with Gasteiger partial charge < -0.3 is 15.2 Å². The molecule has 7 heteroatoms. The Morgan fingerprint density at radius 2 is 1.33 bits per heavy atom. The fourth-order valence-corrected chi connectivity index (χ4v) is 11.4. The van der Waals surface area contributed by atoms with E-state index in [0.717, 1.165) is 25.4 Å². The first-order valence-corrected chi connectivity index (χ1v) is 18.6. The number of phenolic OH excluding ortho intramolecular Hbond substituents is 1. The van der Waals surface area contributed by atoms with Crippen molar-refractivity contribution in [2.24, 2.45) is 0 Å². The number of benzene rings is 5. The maximum atomic E-state index is 12.9. The molecule has 5 aromatic carbocycles. The quantitative estimate of drug-likeness (QED) is 0.110. The Morgan fingerprint density at radius 1 is 0.771 bits per heavy atom. The number of ether oxygens (including phenoxy) is 1. The van der Waals surface area contributed by atoms with Gasteiger partial charge in [0.1, 0.15) is 0 Å². The van der Waals surface area contributed by atoms with E-state index in [9.17, 15) is 14.7 Å². The molecule has 0 aliphatic carbocycles. The van der Waals surface area contributed by atoms with Gasteiger partial charge in [-0.2, -0.15) is 0 Å². The van der Waals surface area contributed by atoms with Crippen LogP contribution >= 0.6 is 7.26 Å². The van der Waals surface area contributed by atoms with Crippen molar-refractivity contribution >= 4 is 40.2 Å². The summed E-state index contributed by atoms with van der Waals surface area (Å²) < 4.78 is 11.3. The Bertz CT molecular complexity index is 1950. The first kappa shape index (κ1) is 32.7. The van der Waals surface area contributed by atoms with Gasteiger partial charge in [0.25, 0.3) is 0 Å². The summed E-state index contributed by atoms with van der Waals surface area (Å²) in [7, 11) is -2.26. The number of carbonyl (C=O) groups excluding carboxylic acids is 1. The number of fused-ring (bicyclic) bond motifs is 1. The van der Waals surface area contributed by atoms with Gasteiger partial charge >= 0.3 is 224 Å². The first-order valence-electron chi connectivity index (χ1n) is 16.4. The molecule has 1 aromatic heterocycles. The van der Waals surface area contributed by atoms with Crippen molar-refractivity contribution in [2.75, 3.05) is 6.16 Å². The molecule has 0 saturated heterocycles. The summed E-state index contributed by atoms with van der Waals surface area (Å²) in [6.45, 7) is 3.60. The molecule has 1 amide bonds. The summed E-state index contributed by atoms with van der Waals surface area (Å²) in [6, 6.07) is 45.1. The number of amides is 1. The average Bonchev–Trinajstić information content (AvgIpc) is 3.11. The van der Waals surface area contributed by atoms with Gasteiger partial charge in [0, 0.05) is 6.04 Å². The zero-order valence-corrected chi connectivity index (χ0v) is 28.2. The molecule has 2 N–H and O–H groups in total. The van der Waals surface area contributed by atoms with Crippen LogP contribution < -0.4 is 31.4 Å². The molecule has 0 atom stereocenters. The molecule has 0 aliphatic rings. The molecule has 244 valence electrons. The van der Waals surface area contributed by atoms with Crippen LogP contribution in [0.4, 0.5) is 4.79 Å². The fraction of sp³-hybridized carbons (Fsp3) is 0.171. The maximum absolute atomic E-state index is 12.9. The van der Waals surface area contributed by atoms with Crippen LogP contribution in [0, 0.1) is 0 Å². The molecule has 0 radical (unpaired) electrons. The van der Waals surface area contributed by atoms with Gasteiger partial charge in [0.2, 0.25) is 0 Å². The second-order valence-electron chi connectivity index (χ2n) is 12.4. The van der Waals surface area contributed by atoms with E-state index in [2.05, 4.69) is 108 Å². The molecule has 0 spiro atoms. The number of aromatic hydroxyl groups is 1. The molecule has 48 heavy (non-hydrogen) atoms. The minimum absolute atomic E-state index is 0.0284. The molecule has 6 nitrogen and oxygen atoms in total. The Kier molecular flexibility index (Phi) is 10.0. The van der Waals surface area contributed by atoms with Crippen molar-refractivity contribution in [3.8, 4) is 22.8 Å². The number of nitrogens with one attached hydrogen (secondary N) is 1. The van der Waals surface area contributed by atoms with Gasteiger partial charge in [-0.15, -0.1) is 0 Å². The van der Waals surface area contributed by atoms with Crippen LogP contribution in [0.2, 0.25) is 0 Å². The summed E-state index contributed by atoms with van der Waals surface area (Å²) >= 11 is 0. The van der Waals surface area contributed by atoms with Gasteiger partial charge in [-0.3, -0.25) is 0 Å². The number of hydrogen-bond acceptors (Lipinski definition) is 5. The monoisotopic (exact) mass is 657 g/mol. The minimum atomic E-state index is -2.26. The van der Waals surface area contributed by atoms with Crippen LogP contribution in [0.15, 0.2) is 143 Å². The number of carbonyl (C=O) groups is 1. The smallest absolute Gasteiger partial charge is 0.502 e. The van der Waals surface area contributed by atoms with E-state index in [1.54, 1.807) is 13.8 Å². The molecule has 1 heterocycles. The van der Waals surface area contributed by atoms with E-state index in [0.29, 0.717) is 11.3 Å². The zero-order valence-electron chi connectivity index (χ0n) is 27.2. The molecule has 0 unspecified atom stereocenters. The van der Waals surface area contributed by atoms with Crippen LogP contribution in [0.1, 0.15) is 32.3 Å². The molecule has 0 fully saturated rings. The Labute approximate surface area is 281 Å². The summed E-state index contributed by atoms with van der Waals surface area (Å²) in [6.07, 6.45) is 3.42. The summed E-state index contributed by atoms with van der Waals surface area (Å²) in [5, 5.41) is 17.9. The number of hydrogen-bond donors (Lipinski definition) is 2. The van der Waals surface area contributed by atoms with E-state index in [1.165, 1.54) is 39.7 Å². The van der Waals surface area contributed by atoms with Gasteiger partial charge in [0.15, 0.2) is 5.75 Å². The van der Waals surface area contributed by atoms with Crippen molar-refractivity contribution in [3.63, 3.8) is 0 Å². The molecule has 0 saturated carbocycles. The van der Waals surface area contributed by atoms with Gasteiger partial charge in [-0.05, 0) is 26.0 Å². The van der Waals surface area contributed by atoms with Crippen LogP contribution in [0.5, 0.6) is 11.5 Å². The molecule has 0 aliphatic heterocycles. The normalized spacial score (nSPS) is 11.8. The standard InChI is InChI=1S/C41H40NO5P/c1-29(2)42-41(45)47-37-26-25-35-36(43)28-38(46-40(35)39(37)44)31-23-21-30(22-24-31)14-12-13-27-48(32-15-6-3-7-16-32,33-17-8-4-9-18-33)34-19-10-5-11-20-34/h3-11,15-26,28-29,44,48H,12-14,27H2,1-2H3,(H,42,45). The molecular formula is C41H40NO5P. The Balaban J connectivity index is 1.19. The topological polar surface area (TPSA) is 88.8 Å². The van der Waals surface area contributed by atoms with E-state index < -0.39 is 19.1 Å². The van der Waals surface area contributed by atoms with Crippen molar-refractivity contribution in [1.29, 1.82) is 0 Å². The van der Waals surface area contributed by atoms with Crippen molar-refractivity contribution in [1.82, 2.24) is 5.32 Å². The van der Waals surface area contributed by atoms with E-state index in [1.807, 2.05) is 12.1 Å². The predicted octanol–water partition coefficient (Wildman–Crippen LogP) is 7.71.